The molecule has 8 atom stereocenters. The van der Waals surface area contributed by atoms with Crippen molar-refractivity contribution >= 4 is 47.5 Å². The number of ether oxygens (including phenoxy) is 4. The number of benzene rings is 2. The molecule has 0 aliphatic carbocycles. The molecule has 4 amide bonds. The van der Waals surface area contributed by atoms with E-state index in [1.165, 1.54) is 63.0 Å². The second kappa shape index (κ2) is 33.1. The van der Waals surface area contributed by atoms with E-state index >= 15 is 9.59 Å². The number of nitrogens with zero attached hydrogens (tertiary/aromatic N) is 8. The fraction of sp³-hybridized carbons (Fsp3) is 0.629. The Kier molecular flexibility index (Phi) is 27.0. The first-order chi connectivity index (χ1) is 42.3. The fourth-order valence-corrected chi connectivity index (χ4v) is 11.8. The van der Waals surface area contributed by atoms with Gasteiger partial charge in [0.05, 0.1) is 24.5 Å². The second-order valence-corrected chi connectivity index (χ2v) is 26.5. The lowest BCUT2D eigenvalue weighted by Crippen LogP contribution is -2.55. The molecule has 20 heteroatoms. The molecular weight excluding hydrogens is 1140 g/mol. The Morgan fingerprint density at radius 2 is 0.656 bits per heavy atom. The summed E-state index contributed by atoms with van der Waals surface area (Å²) in [6.45, 7) is 31.1. The first kappa shape index (κ1) is 73.4. The maximum Gasteiger partial charge on any atom is 0.329 e. The Labute approximate surface area is 535 Å². The van der Waals surface area contributed by atoms with Crippen LogP contribution in [0.2, 0.25) is 0 Å². The van der Waals surface area contributed by atoms with Gasteiger partial charge in [-0.2, -0.15) is 10.2 Å². The van der Waals surface area contributed by atoms with Crippen molar-refractivity contribution in [2.45, 2.75) is 237 Å². The molecule has 90 heavy (non-hydrogen) atoms. The monoisotopic (exact) mass is 1250 g/mol. The van der Waals surface area contributed by atoms with Crippen LogP contribution in [0.15, 0.2) is 48.5 Å². The molecule has 0 unspecified atom stereocenters. The van der Waals surface area contributed by atoms with Crippen LogP contribution in [-0.2, 0) is 96.1 Å². The van der Waals surface area contributed by atoms with E-state index in [1.54, 1.807) is 0 Å². The number of hydrogen-bond donors (Lipinski definition) is 0. The summed E-state index contributed by atoms with van der Waals surface area (Å²) in [5, 5.41) is 9.59. The molecule has 0 N–H and O–H groups in total. The van der Waals surface area contributed by atoms with Gasteiger partial charge >= 0.3 is 23.9 Å². The van der Waals surface area contributed by atoms with Crippen LogP contribution >= 0.6 is 0 Å². The van der Waals surface area contributed by atoms with Gasteiger partial charge in [0.1, 0.15) is 24.2 Å². The van der Waals surface area contributed by atoms with Crippen molar-refractivity contribution in [2.75, 3.05) is 28.2 Å². The number of esters is 4. The smallest absolute Gasteiger partial charge is 0.329 e. The molecule has 5 rings (SSSR count). The van der Waals surface area contributed by atoms with Crippen LogP contribution < -0.4 is 0 Å². The second-order valence-electron chi connectivity index (χ2n) is 26.5. The predicted molar refractivity (Wildman–Crippen MR) is 345 cm³/mol. The van der Waals surface area contributed by atoms with Gasteiger partial charge in [-0.1, -0.05) is 131 Å². The van der Waals surface area contributed by atoms with Crippen LogP contribution in [0.4, 0.5) is 0 Å². The molecule has 4 aromatic rings. The first-order valence-corrected chi connectivity index (χ1v) is 32.4. The largest absolute Gasteiger partial charge is 0.451 e. The third-order valence-corrected chi connectivity index (χ3v) is 17.1. The summed E-state index contributed by atoms with van der Waals surface area (Å²) in [6.07, 6.45) is -2.16. The van der Waals surface area contributed by atoms with Gasteiger partial charge < -0.3 is 38.5 Å². The van der Waals surface area contributed by atoms with E-state index in [0.717, 1.165) is 69.4 Å². The number of carbonyl (C=O) groups is 8. The van der Waals surface area contributed by atoms with Gasteiger partial charge in [-0.15, -0.1) is 0 Å². The predicted octanol–water partition coefficient (Wildman–Crippen LogP) is 9.29. The Bertz CT molecular complexity index is 2890. The van der Waals surface area contributed by atoms with Crippen LogP contribution in [0.1, 0.15) is 178 Å². The van der Waals surface area contributed by atoms with Crippen molar-refractivity contribution < 1.29 is 57.3 Å². The lowest BCUT2D eigenvalue weighted by molar-refractivity contribution is -0.176. The van der Waals surface area contributed by atoms with E-state index in [9.17, 15) is 28.8 Å². The summed E-state index contributed by atoms with van der Waals surface area (Å²) in [7, 11) is 5.63. The van der Waals surface area contributed by atoms with Gasteiger partial charge in [0, 0.05) is 52.4 Å². The standard InChI is InChI=1S/C70H104N8O12/c1-21-23-55-45(11)71-77(47(55)13)39-53-29-25-51(26-30-53)37-61-65(81)75(19)57(33-41(3)4)67(83)87-50(16)64(80)74(18)60(36-44(9)10)70(86)90-62(38-52-27-31-54(32-28-52)40-78-48(14)56(24-22-2)46(12)72-78)66(82)76(20)58(34-42(5)6)68(84)88-49(15)63(79)73(17)59(35-43(7)8)69(85)89-61/h25-32,41-44,49-50,57-62H,21-24,33-40H2,1-20H3/t49-,50-,57+,58+,59+,60+,61-,62-/m1/s1. The maximum atomic E-state index is 15.2. The lowest BCUT2D eigenvalue weighted by Gasteiger charge is -2.35. The number of aryl methyl sites for hydroxylation is 2. The average Bonchev–Trinajstić information content (AvgIpc) is 1.48. The number of cyclic esters (lactones) is 4. The lowest BCUT2D eigenvalue weighted by atomic mass is 9.99. The summed E-state index contributed by atoms with van der Waals surface area (Å²) >= 11 is 0. The molecule has 1 aliphatic heterocycles. The van der Waals surface area contributed by atoms with Crippen molar-refractivity contribution in [3.8, 4) is 0 Å². The summed E-state index contributed by atoms with van der Waals surface area (Å²) in [5.41, 5.74) is 9.71. The number of hydrogen-bond acceptors (Lipinski definition) is 14. The Morgan fingerprint density at radius 1 is 0.400 bits per heavy atom. The van der Waals surface area contributed by atoms with E-state index in [2.05, 4.69) is 27.7 Å². The number of rotatable bonds is 20. The highest BCUT2D eigenvalue weighted by molar-refractivity contribution is 5.94. The van der Waals surface area contributed by atoms with Crippen molar-refractivity contribution in [3.63, 3.8) is 0 Å². The third-order valence-electron chi connectivity index (χ3n) is 17.1. The molecule has 0 radical (unpaired) electrons. The molecule has 20 nitrogen and oxygen atoms in total. The molecule has 0 saturated carbocycles. The molecule has 0 spiro atoms. The van der Waals surface area contributed by atoms with Gasteiger partial charge in [0.25, 0.3) is 23.6 Å². The van der Waals surface area contributed by atoms with Gasteiger partial charge in [-0.3, -0.25) is 28.5 Å². The number of amides is 4. The van der Waals surface area contributed by atoms with Crippen LogP contribution in [-0.4, -0.2) is 163 Å². The van der Waals surface area contributed by atoms with E-state index < -0.39 is 96.1 Å². The van der Waals surface area contributed by atoms with Crippen molar-refractivity contribution in [1.29, 1.82) is 0 Å². The summed E-state index contributed by atoms with van der Waals surface area (Å²) in [5.74, 6) is -7.39. The molecule has 1 fully saturated rings. The summed E-state index contributed by atoms with van der Waals surface area (Å²) in [4.78, 5) is 123. The molecule has 1 saturated heterocycles. The van der Waals surface area contributed by atoms with E-state index in [0.29, 0.717) is 24.2 Å². The molecule has 3 heterocycles. The first-order valence-electron chi connectivity index (χ1n) is 32.4. The zero-order chi connectivity index (χ0) is 67.2. The third kappa shape index (κ3) is 19.3. The fourth-order valence-electron chi connectivity index (χ4n) is 11.8. The topological polar surface area (TPSA) is 222 Å². The molecule has 2 aromatic heterocycles. The molecule has 1 aliphatic rings. The normalized spacial score (nSPS) is 22.0. The summed E-state index contributed by atoms with van der Waals surface area (Å²) < 4.78 is 28.4. The zero-order valence-corrected chi connectivity index (χ0v) is 57.5. The number of aromatic nitrogens is 4. The van der Waals surface area contributed by atoms with Crippen LogP contribution in [0, 0.1) is 51.4 Å². The quantitative estimate of drug-likeness (QED) is 0.0594. The van der Waals surface area contributed by atoms with Crippen molar-refractivity contribution in [2.24, 2.45) is 23.7 Å². The van der Waals surface area contributed by atoms with Crippen molar-refractivity contribution in [3.05, 3.63) is 105 Å². The van der Waals surface area contributed by atoms with E-state index in [4.69, 9.17) is 29.1 Å². The average molecular weight is 1250 g/mol. The van der Waals surface area contributed by atoms with Gasteiger partial charge in [0.15, 0.2) is 24.4 Å². The Hall–Kier alpha value is -7.38. The minimum absolute atomic E-state index is 0.0831. The highest BCUT2D eigenvalue weighted by atomic mass is 16.6. The maximum absolute atomic E-state index is 15.2. The minimum atomic E-state index is -1.54. The Morgan fingerprint density at radius 3 is 0.922 bits per heavy atom. The van der Waals surface area contributed by atoms with Crippen LogP contribution in [0.3, 0.4) is 0 Å². The summed E-state index contributed by atoms with van der Waals surface area (Å²) in [6, 6.07) is 9.89. The highest BCUT2D eigenvalue weighted by Gasteiger charge is 2.43. The van der Waals surface area contributed by atoms with Gasteiger partial charge in [-0.05, 0) is 137 Å². The molecule has 2 aromatic carbocycles. The zero-order valence-electron chi connectivity index (χ0n) is 57.5. The van der Waals surface area contributed by atoms with E-state index in [1.807, 2.05) is 127 Å². The van der Waals surface area contributed by atoms with Crippen LogP contribution in [0.25, 0.3) is 0 Å². The molecular formula is C70H104N8O12. The molecule has 0 bridgehead atoms. The van der Waals surface area contributed by atoms with Gasteiger partial charge in [-0.25, -0.2) is 19.2 Å². The highest BCUT2D eigenvalue weighted by Crippen LogP contribution is 2.26. The molecule has 496 valence electrons. The number of carbonyl (C=O) groups excluding carboxylic acids is 8. The number of likely N-dealkylation sites (N-methyl/N-ethyl adjacent to an activating group) is 4. The van der Waals surface area contributed by atoms with Crippen LogP contribution in [0.5, 0.6) is 0 Å². The Balaban J connectivity index is 1.59. The SMILES string of the molecule is CCCc1c(C)nn(Cc2ccc(C[C@H]3OC(=O)[C@H](CC(C)C)N(C)C(=O)[C@@H](C)OC(=O)[C@H](CC(C)C)N(C)C(=O)[C@@H](Cc4ccc(Cn5nc(C)c(CCC)c5C)cc4)OC(=O)[C@H](CC(C)C)N(C)C(=O)[C@@H](C)OC(=O)[C@H](CC(C)C)N(C)C3=O)cc2)c1C. The van der Waals surface area contributed by atoms with Gasteiger partial charge in [0.2, 0.25) is 0 Å². The van der Waals surface area contributed by atoms with E-state index in [-0.39, 0.29) is 62.2 Å². The minimum Gasteiger partial charge on any atom is -0.451 e. The van der Waals surface area contributed by atoms with Crippen molar-refractivity contribution in [1.82, 2.24) is 39.2 Å².